The second-order valence-corrected chi connectivity index (χ2v) is 3.59. The Balaban J connectivity index is 2.46. The molecule has 4 nitrogen and oxygen atoms in total. The van der Waals surface area contributed by atoms with E-state index in [0.29, 0.717) is 6.42 Å². The molecule has 1 amide bonds. The van der Waals surface area contributed by atoms with Gasteiger partial charge >= 0.3 is 0 Å². The standard InChI is InChI=1S/C12H17NO3/c1-9(16-2)13-12(15)11(14)8-10-6-4-3-5-7-10/h3-7,9,11,14H,8H2,1-2H3,(H,13,15)/t9-,11-/m0/s1. The van der Waals surface area contributed by atoms with Crippen LogP contribution in [0.2, 0.25) is 0 Å². The summed E-state index contributed by atoms with van der Waals surface area (Å²) in [7, 11) is 1.49. The Labute approximate surface area is 95.2 Å². The van der Waals surface area contributed by atoms with Gasteiger partial charge in [-0.2, -0.15) is 0 Å². The zero-order valence-corrected chi connectivity index (χ0v) is 9.51. The van der Waals surface area contributed by atoms with Crippen LogP contribution in [-0.2, 0) is 16.0 Å². The summed E-state index contributed by atoms with van der Waals surface area (Å²) >= 11 is 0. The summed E-state index contributed by atoms with van der Waals surface area (Å²) in [5.74, 6) is -0.418. The fraction of sp³-hybridized carbons (Fsp3) is 0.417. The molecule has 88 valence electrons. The highest BCUT2D eigenvalue weighted by Gasteiger charge is 2.16. The maximum atomic E-state index is 11.5. The van der Waals surface area contributed by atoms with Crippen molar-refractivity contribution in [2.45, 2.75) is 25.7 Å². The molecular formula is C12H17NO3. The number of methoxy groups -OCH3 is 1. The summed E-state index contributed by atoms with van der Waals surface area (Å²) in [5, 5.41) is 12.2. The van der Waals surface area contributed by atoms with E-state index in [2.05, 4.69) is 5.32 Å². The van der Waals surface area contributed by atoms with Gasteiger partial charge in [-0.25, -0.2) is 0 Å². The summed E-state index contributed by atoms with van der Waals surface area (Å²) in [6, 6.07) is 9.38. The van der Waals surface area contributed by atoms with Crippen molar-refractivity contribution in [3.63, 3.8) is 0 Å². The molecule has 0 heterocycles. The molecule has 0 fully saturated rings. The lowest BCUT2D eigenvalue weighted by molar-refractivity contribution is -0.132. The van der Waals surface area contributed by atoms with Crippen LogP contribution < -0.4 is 5.32 Å². The minimum atomic E-state index is -1.04. The van der Waals surface area contributed by atoms with E-state index in [-0.39, 0.29) is 0 Å². The lowest BCUT2D eigenvalue weighted by Crippen LogP contribution is -2.41. The first-order chi connectivity index (χ1) is 7.63. The van der Waals surface area contributed by atoms with E-state index in [0.717, 1.165) is 5.56 Å². The lowest BCUT2D eigenvalue weighted by Gasteiger charge is -2.15. The number of aliphatic hydroxyl groups is 1. The number of aliphatic hydroxyl groups excluding tert-OH is 1. The first-order valence-corrected chi connectivity index (χ1v) is 5.18. The van der Waals surface area contributed by atoms with Gasteiger partial charge in [0.15, 0.2) is 0 Å². The zero-order chi connectivity index (χ0) is 12.0. The number of hydrogen-bond acceptors (Lipinski definition) is 3. The highest BCUT2D eigenvalue weighted by molar-refractivity contribution is 5.80. The summed E-state index contributed by atoms with van der Waals surface area (Å²) in [6.07, 6.45) is -1.12. The van der Waals surface area contributed by atoms with Crippen molar-refractivity contribution in [1.29, 1.82) is 0 Å². The summed E-state index contributed by atoms with van der Waals surface area (Å²) in [5.41, 5.74) is 0.926. The van der Waals surface area contributed by atoms with Crippen LogP contribution in [0.5, 0.6) is 0 Å². The number of nitrogens with one attached hydrogen (secondary N) is 1. The molecule has 2 N–H and O–H groups in total. The molecule has 0 bridgehead atoms. The average Bonchev–Trinajstić information content (AvgIpc) is 2.30. The fourth-order valence-electron chi connectivity index (χ4n) is 1.29. The number of rotatable bonds is 5. The number of hydrogen-bond donors (Lipinski definition) is 2. The molecule has 0 aliphatic rings. The molecule has 4 heteroatoms. The van der Waals surface area contributed by atoms with E-state index in [1.807, 2.05) is 30.3 Å². The third-order valence-electron chi connectivity index (χ3n) is 2.27. The topological polar surface area (TPSA) is 58.6 Å². The maximum absolute atomic E-state index is 11.5. The van der Waals surface area contributed by atoms with Gasteiger partial charge in [0.05, 0.1) is 0 Å². The van der Waals surface area contributed by atoms with Gasteiger partial charge in [-0.3, -0.25) is 4.79 Å². The van der Waals surface area contributed by atoms with Crippen LogP contribution in [0, 0.1) is 0 Å². The zero-order valence-electron chi connectivity index (χ0n) is 9.51. The molecule has 1 aromatic carbocycles. The highest BCUT2D eigenvalue weighted by Crippen LogP contribution is 2.03. The predicted octanol–water partition coefficient (Wildman–Crippen LogP) is 0.699. The Kier molecular flexibility index (Phi) is 4.95. The smallest absolute Gasteiger partial charge is 0.251 e. The van der Waals surface area contributed by atoms with Gasteiger partial charge in [-0.05, 0) is 12.5 Å². The van der Waals surface area contributed by atoms with Gasteiger partial charge in [-0.15, -0.1) is 0 Å². The van der Waals surface area contributed by atoms with E-state index in [1.54, 1.807) is 6.92 Å². The molecule has 0 aliphatic carbocycles. The summed E-state index contributed by atoms with van der Waals surface area (Å²) in [4.78, 5) is 11.5. The van der Waals surface area contributed by atoms with Gasteiger partial charge in [0.1, 0.15) is 12.3 Å². The monoisotopic (exact) mass is 223 g/mol. The third kappa shape index (κ3) is 4.00. The largest absolute Gasteiger partial charge is 0.383 e. The van der Waals surface area contributed by atoms with Gasteiger partial charge in [0, 0.05) is 13.5 Å². The second-order valence-electron chi connectivity index (χ2n) is 3.59. The van der Waals surface area contributed by atoms with Crippen LogP contribution in [0.3, 0.4) is 0 Å². The molecular weight excluding hydrogens is 206 g/mol. The molecule has 0 aliphatic heterocycles. The van der Waals surface area contributed by atoms with Crippen molar-refractivity contribution in [1.82, 2.24) is 5.32 Å². The van der Waals surface area contributed by atoms with Crippen LogP contribution in [0.1, 0.15) is 12.5 Å². The van der Waals surface area contributed by atoms with Crippen molar-refractivity contribution < 1.29 is 14.6 Å². The van der Waals surface area contributed by atoms with Crippen molar-refractivity contribution >= 4 is 5.91 Å². The molecule has 0 aromatic heterocycles. The van der Waals surface area contributed by atoms with E-state index in [1.165, 1.54) is 7.11 Å². The molecule has 1 rings (SSSR count). The third-order valence-corrected chi connectivity index (χ3v) is 2.27. The summed E-state index contributed by atoms with van der Waals surface area (Å²) in [6.45, 7) is 1.70. The SMILES string of the molecule is CO[C@@H](C)NC(=O)[C@@H](O)Cc1ccccc1. The minimum absolute atomic E-state index is 0.309. The van der Waals surface area contributed by atoms with E-state index in [9.17, 15) is 9.90 Å². The fourth-order valence-corrected chi connectivity index (χ4v) is 1.29. The minimum Gasteiger partial charge on any atom is -0.383 e. The molecule has 0 spiro atoms. The van der Waals surface area contributed by atoms with Gasteiger partial charge in [-0.1, -0.05) is 30.3 Å². The maximum Gasteiger partial charge on any atom is 0.251 e. The molecule has 1 aromatic rings. The first kappa shape index (κ1) is 12.7. The normalized spacial score (nSPS) is 14.2. The number of benzene rings is 1. The first-order valence-electron chi connectivity index (χ1n) is 5.18. The van der Waals surface area contributed by atoms with Crippen LogP contribution >= 0.6 is 0 Å². The van der Waals surface area contributed by atoms with Crippen molar-refractivity contribution in [2.24, 2.45) is 0 Å². The average molecular weight is 223 g/mol. The Morgan fingerprint density at radius 1 is 1.44 bits per heavy atom. The molecule has 0 unspecified atom stereocenters. The van der Waals surface area contributed by atoms with E-state index >= 15 is 0 Å². The highest BCUT2D eigenvalue weighted by atomic mass is 16.5. The molecule has 2 atom stereocenters. The Morgan fingerprint density at radius 3 is 2.62 bits per heavy atom. The number of ether oxygens (including phenoxy) is 1. The van der Waals surface area contributed by atoms with Crippen LogP contribution in [-0.4, -0.2) is 30.5 Å². The predicted molar refractivity (Wildman–Crippen MR) is 60.8 cm³/mol. The van der Waals surface area contributed by atoms with Crippen molar-refractivity contribution in [3.8, 4) is 0 Å². The van der Waals surface area contributed by atoms with E-state index in [4.69, 9.17) is 4.74 Å². The molecule has 0 radical (unpaired) electrons. The second kappa shape index (κ2) is 6.25. The molecule has 16 heavy (non-hydrogen) atoms. The number of amides is 1. The van der Waals surface area contributed by atoms with Gasteiger partial charge < -0.3 is 15.2 Å². The molecule has 0 saturated carbocycles. The Hall–Kier alpha value is -1.39. The number of carbonyl (C=O) groups excluding carboxylic acids is 1. The van der Waals surface area contributed by atoms with Crippen molar-refractivity contribution in [2.75, 3.05) is 7.11 Å². The van der Waals surface area contributed by atoms with Crippen LogP contribution in [0.25, 0.3) is 0 Å². The van der Waals surface area contributed by atoms with Crippen LogP contribution in [0.15, 0.2) is 30.3 Å². The van der Waals surface area contributed by atoms with Crippen LogP contribution in [0.4, 0.5) is 0 Å². The van der Waals surface area contributed by atoms with E-state index < -0.39 is 18.2 Å². The Morgan fingerprint density at radius 2 is 2.06 bits per heavy atom. The Bertz CT molecular complexity index is 326. The lowest BCUT2D eigenvalue weighted by atomic mass is 10.1. The summed E-state index contributed by atoms with van der Waals surface area (Å²) < 4.78 is 4.88. The van der Waals surface area contributed by atoms with Gasteiger partial charge in [0.2, 0.25) is 0 Å². The number of carbonyl (C=O) groups is 1. The van der Waals surface area contributed by atoms with Gasteiger partial charge in [0.25, 0.3) is 5.91 Å². The molecule has 0 saturated heterocycles. The van der Waals surface area contributed by atoms with Crippen molar-refractivity contribution in [3.05, 3.63) is 35.9 Å². The quantitative estimate of drug-likeness (QED) is 0.722.